The van der Waals surface area contributed by atoms with Crippen molar-refractivity contribution in [3.8, 4) is 0 Å². The number of nitrogens with two attached hydrogens (primary N) is 1. The van der Waals surface area contributed by atoms with Gasteiger partial charge in [0.15, 0.2) is 0 Å². The highest BCUT2D eigenvalue weighted by atomic mass is 16.2. The number of aromatic nitrogens is 2. The maximum Gasteiger partial charge on any atom is 0.244 e. The zero-order chi connectivity index (χ0) is 11.7. The first-order valence-electron chi connectivity index (χ1n) is 5.62. The molecule has 1 unspecified atom stereocenters. The van der Waals surface area contributed by atoms with Crippen LogP contribution in [0.1, 0.15) is 19.8 Å². The van der Waals surface area contributed by atoms with Crippen LogP contribution in [0, 0.1) is 5.92 Å². The third-order valence-electron chi connectivity index (χ3n) is 3.27. The Hall–Kier alpha value is -1.52. The molecule has 1 aliphatic carbocycles. The second kappa shape index (κ2) is 4.15. The van der Waals surface area contributed by atoms with Crippen molar-refractivity contribution in [1.29, 1.82) is 0 Å². The van der Waals surface area contributed by atoms with Gasteiger partial charge in [0.25, 0.3) is 0 Å². The van der Waals surface area contributed by atoms with Gasteiger partial charge >= 0.3 is 0 Å². The lowest BCUT2D eigenvalue weighted by Crippen LogP contribution is -2.38. The summed E-state index contributed by atoms with van der Waals surface area (Å²) >= 11 is 0. The Balaban J connectivity index is 1.91. The van der Waals surface area contributed by atoms with E-state index >= 15 is 0 Å². The van der Waals surface area contributed by atoms with Gasteiger partial charge in [-0.2, -0.15) is 5.10 Å². The van der Waals surface area contributed by atoms with Crippen molar-refractivity contribution in [2.75, 3.05) is 12.8 Å². The molecule has 5 heteroatoms. The number of amides is 1. The van der Waals surface area contributed by atoms with E-state index in [4.69, 9.17) is 5.73 Å². The number of carbonyl (C=O) groups excluding carboxylic acids is 1. The van der Waals surface area contributed by atoms with Crippen LogP contribution < -0.4 is 5.73 Å². The summed E-state index contributed by atoms with van der Waals surface area (Å²) in [6, 6.07) is 2.03. The molecule has 1 aliphatic rings. The van der Waals surface area contributed by atoms with Crippen LogP contribution in [0.25, 0.3) is 0 Å². The first-order chi connectivity index (χ1) is 7.58. The quantitative estimate of drug-likeness (QED) is 0.816. The minimum atomic E-state index is 0.0856. The standard InChI is InChI=1S/C11H18N4O/c1-8(9-3-4-9)14(2)11(16)7-15-6-5-10(12)13-15/h5-6,8-9H,3-4,7H2,1-2H3,(H2,12,13). The molecule has 1 saturated carbocycles. The molecule has 5 nitrogen and oxygen atoms in total. The molecule has 1 aromatic rings. The van der Waals surface area contributed by atoms with Gasteiger partial charge in [-0.15, -0.1) is 0 Å². The van der Waals surface area contributed by atoms with Gasteiger partial charge in [0.05, 0.1) is 0 Å². The summed E-state index contributed by atoms with van der Waals surface area (Å²) in [5.74, 6) is 1.23. The van der Waals surface area contributed by atoms with Crippen LogP contribution >= 0.6 is 0 Å². The minimum Gasteiger partial charge on any atom is -0.382 e. The lowest BCUT2D eigenvalue weighted by atomic mass is 10.2. The molecule has 1 aromatic heterocycles. The van der Waals surface area contributed by atoms with Crippen molar-refractivity contribution in [1.82, 2.24) is 14.7 Å². The van der Waals surface area contributed by atoms with Crippen molar-refractivity contribution in [2.45, 2.75) is 32.4 Å². The Labute approximate surface area is 95.2 Å². The average molecular weight is 222 g/mol. The molecule has 88 valence electrons. The molecule has 1 heterocycles. The predicted molar refractivity (Wildman–Crippen MR) is 61.6 cm³/mol. The van der Waals surface area contributed by atoms with Gasteiger partial charge in [-0.1, -0.05) is 0 Å². The number of nitrogens with zero attached hydrogens (tertiary/aromatic N) is 3. The number of rotatable bonds is 4. The predicted octanol–water partition coefficient (Wildman–Crippen LogP) is 0.722. The molecular weight excluding hydrogens is 204 g/mol. The van der Waals surface area contributed by atoms with Gasteiger partial charge in [-0.3, -0.25) is 9.48 Å². The molecule has 0 spiro atoms. The summed E-state index contributed by atoms with van der Waals surface area (Å²) in [6.07, 6.45) is 4.21. The number of carbonyl (C=O) groups is 1. The number of nitrogen functional groups attached to an aromatic ring is 1. The number of hydrogen-bond donors (Lipinski definition) is 1. The van der Waals surface area contributed by atoms with Crippen LogP contribution in [0.5, 0.6) is 0 Å². The molecule has 0 bridgehead atoms. The van der Waals surface area contributed by atoms with E-state index in [0.29, 0.717) is 17.8 Å². The van der Waals surface area contributed by atoms with Crippen molar-refractivity contribution >= 4 is 11.7 Å². The number of likely N-dealkylation sites (N-methyl/N-ethyl adjacent to an activating group) is 1. The molecular formula is C11H18N4O. The maximum absolute atomic E-state index is 11.9. The fraction of sp³-hybridized carbons (Fsp3) is 0.636. The highest BCUT2D eigenvalue weighted by Crippen LogP contribution is 2.34. The topological polar surface area (TPSA) is 64.2 Å². The summed E-state index contributed by atoms with van der Waals surface area (Å²) in [6.45, 7) is 2.37. The molecule has 2 rings (SSSR count). The lowest BCUT2D eigenvalue weighted by Gasteiger charge is -2.24. The molecule has 1 atom stereocenters. The molecule has 16 heavy (non-hydrogen) atoms. The molecule has 2 N–H and O–H groups in total. The molecule has 1 fully saturated rings. The Bertz CT molecular complexity index is 383. The maximum atomic E-state index is 11.9. The normalized spacial score (nSPS) is 17.1. The first kappa shape index (κ1) is 11.0. The minimum absolute atomic E-state index is 0.0856. The van der Waals surface area contributed by atoms with Crippen LogP contribution in [0.15, 0.2) is 12.3 Å². The van der Waals surface area contributed by atoms with E-state index < -0.39 is 0 Å². The molecule has 0 aromatic carbocycles. The highest BCUT2D eigenvalue weighted by Gasteiger charge is 2.32. The van der Waals surface area contributed by atoms with Crippen molar-refractivity contribution in [2.24, 2.45) is 5.92 Å². The fourth-order valence-corrected chi connectivity index (χ4v) is 1.84. The average Bonchev–Trinajstić information content (AvgIpc) is 3.02. The number of hydrogen-bond acceptors (Lipinski definition) is 3. The summed E-state index contributed by atoms with van der Waals surface area (Å²) in [5, 5.41) is 4.00. The first-order valence-corrected chi connectivity index (χ1v) is 5.62. The Morgan fingerprint density at radius 1 is 1.75 bits per heavy atom. The van der Waals surface area contributed by atoms with E-state index in [0.717, 1.165) is 0 Å². The summed E-state index contributed by atoms with van der Waals surface area (Å²) < 4.78 is 1.58. The molecule has 0 saturated heterocycles. The Morgan fingerprint density at radius 3 is 2.94 bits per heavy atom. The van der Waals surface area contributed by atoms with E-state index in [1.54, 1.807) is 16.9 Å². The van der Waals surface area contributed by atoms with Crippen LogP contribution in [0.2, 0.25) is 0 Å². The van der Waals surface area contributed by atoms with Crippen LogP contribution in [-0.4, -0.2) is 33.7 Å². The zero-order valence-electron chi connectivity index (χ0n) is 9.76. The second-order valence-corrected chi connectivity index (χ2v) is 4.52. The molecule has 0 radical (unpaired) electrons. The van der Waals surface area contributed by atoms with Crippen molar-refractivity contribution in [3.63, 3.8) is 0 Å². The number of anilines is 1. The zero-order valence-corrected chi connectivity index (χ0v) is 9.76. The largest absolute Gasteiger partial charge is 0.382 e. The van der Waals surface area contributed by atoms with E-state index in [9.17, 15) is 4.79 Å². The van der Waals surface area contributed by atoms with Crippen molar-refractivity contribution < 1.29 is 4.79 Å². The summed E-state index contributed by atoms with van der Waals surface area (Å²) in [7, 11) is 1.86. The summed E-state index contributed by atoms with van der Waals surface area (Å²) in [5.41, 5.74) is 5.49. The van der Waals surface area contributed by atoms with Gasteiger partial charge in [-0.05, 0) is 31.7 Å². The van der Waals surface area contributed by atoms with Crippen LogP contribution in [0.4, 0.5) is 5.82 Å². The lowest BCUT2D eigenvalue weighted by molar-refractivity contribution is -0.132. The van der Waals surface area contributed by atoms with E-state index in [-0.39, 0.29) is 12.5 Å². The van der Waals surface area contributed by atoms with E-state index in [1.165, 1.54) is 12.8 Å². The highest BCUT2D eigenvalue weighted by molar-refractivity contribution is 5.76. The van der Waals surface area contributed by atoms with Gasteiger partial charge in [0.2, 0.25) is 5.91 Å². The smallest absolute Gasteiger partial charge is 0.244 e. The molecule has 1 amide bonds. The fourth-order valence-electron chi connectivity index (χ4n) is 1.84. The third kappa shape index (κ3) is 2.35. The van der Waals surface area contributed by atoms with Gasteiger partial charge in [0.1, 0.15) is 12.4 Å². The van der Waals surface area contributed by atoms with Crippen LogP contribution in [0.3, 0.4) is 0 Å². The third-order valence-corrected chi connectivity index (χ3v) is 3.27. The van der Waals surface area contributed by atoms with Crippen molar-refractivity contribution in [3.05, 3.63) is 12.3 Å². The Morgan fingerprint density at radius 2 is 2.44 bits per heavy atom. The van der Waals surface area contributed by atoms with Gasteiger partial charge in [0, 0.05) is 19.3 Å². The van der Waals surface area contributed by atoms with Gasteiger partial charge < -0.3 is 10.6 Å². The Kier molecular flexibility index (Phi) is 2.85. The van der Waals surface area contributed by atoms with E-state index in [2.05, 4.69) is 12.0 Å². The van der Waals surface area contributed by atoms with Crippen LogP contribution in [-0.2, 0) is 11.3 Å². The SMILES string of the molecule is CC(C1CC1)N(C)C(=O)Cn1ccc(N)n1. The molecule has 0 aliphatic heterocycles. The monoisotopic (exact) mass is 222 g/mol. The summed E-state index contributed by atoms with van der Waals surface area (Å²) in [4.78, 5) is 13.7. The second-order valence-electron chi connectivity index (χ2n) is 4.52. The van der Waals surface area contributed by atoms with Gasteiger partial charge in [-0.25, -0.2) is 0 Å². The van der Waals surface area contributed by atoms with E-state index in [1.807, 2.05) is 11.9 Å².